The minimum atomic E-state index is -1.27. The molecule has 130 valence electrons. The number of amides is 3. The fourth-order valence-electron chi connectivity index (χ4n) is 1.72. The molecule has 1 aliphatic rings. The molecule has 0 saturated carbocycles. The van der Waals surface area contributed by atoms with Crippen molar-refractivity contribution in [2.45, 2.75) is 6.42 Å². The predicted molar refractivity (Wildman–Crippen MR) is 84.4 cm³/mol. The zero-order chi connectivity index (χ0) is 18.1. The first-order valence-electron chi connectivity index (χ1n) is 7.08. The molecule has 2 rings (SSSR count). The van der Waals surface area contributed by atoms with E-state index in [0.29, 0.717) is 5.56 Å². The molecule has 10 nitrogen and oxygen atoms in total. The number of carboxylic acids is 1. The van der Waals surface area contributed by atoms with E-state index in [1.165, 1.54) is 24.6 Å². The molecule has 1 aliphatic heterocycles. The number of aliphatic imine (C=N–C) groups is 1. The fourth-order valence-corrected chi connectivity index (χ4v) is 1.72. The van der Waals surface area contributed by atoms with E-state index in [1.807, 2.05) is 5.32 Å². The third-order valence-electron chi connectivity index (χ3n) is 2.77. The number of rotatable bonds is 8. The number of hydrogen-bond acceptors (Lipinski definition) is 8. The maximum absolute atomic E-state index is 11.1. The van der Waals surface area contributed by atoms with Gasteiger partial charge in [0.1, 0.15) is 0 Å². The van der Waals surface area contributed by atoms with Gasteiger partial charge in [-0.25, -0.2) is 4.79 Å². The molecule has 0 atom stereocenters. The van der Waals surface area contributed by atoms with Crippen molar-refractivity contribution in [3.63, 3.8) is 0 Å². The topological polar surface area (TPSA) is 142 Å². The van der Waals surface area contributed by atoms with Crippen LogP contribution in [-0.4, -0.2) is 49.3 Å². The number of carboxylic acid groups (broad SMARTS) is 1. The van der Waals surface area contributed by atoms with Crippen LogP contribution in [-0.2, 0) is 14.5 Å². The average Bonchev–Trinajstić information content (AvgIpc) is 2.56. The van der Waals surface area contributed by atoms with Gasteiger partial charge >= 0.3 is 6.03 Å². The van der Waals surface area contributed by atoms with Crippen LogP contribution in [0.4, 0.5) is 4.79 Å². The van der Waals surface area contributed by atoms with Crippen LogP contribution in [0.2, 0.25) is 0 Å². The summed E-state index contributed by atoms with van der Waals surface area (Å²) in [6.45, 7) is 0.153. The summed E-state index contributed by atoms with van der Waals surface area (Å²) >= 11 is 0. The van der Waals surface area contributed by atoms with Gasteiger partial charge in [0.15, 0.2) is 13.2 Å². The third-order valence-corrected chi connectivity index (χ3v) is 2.77. The van der Waals surface area contributed by atoms with Crippen LogP contribution in [0.1, 0.15) is 22.3 Å². The summed E-state index contributed by atoms with van der Waals surface area (Å²) in [7, 11) is 0. The predicted octanol–water partition coefficient (Wildman–Crippen LogP) is -0.516. The second kappa shape index (κ2) is 8.91. The normalized spacial score (nSPS) is 14.5. The Morgan fingerprint density at radius 2 is 1.96 bits per heavy atom. The maximum Gasteiger partial charge on any atom is 0.347 e. The van der Waals surface area contributed by atoms with E-state index in [0.717, 1.165) is 0 Å². The molecule has 0 bridgehead atoms. The van der Waals surface area contributed by atoms with Gasteiger partial charge < -0.3 is 19.6 Å². The highest BCUT2D eigenvalue weighted by Crippen LogP contribution is 2.02. The molecule has 0 fully saturated rings. The Bertz CT molecular complexity index is 756. The average molecular weight is 345 g/mol. The first-order chi connectivity index (χ1) is 12.0. The summed E-state index contributed by atoms with van der Waals surface area (Å²) in [5.74, 6) is -1.73. The Balaban J connectivity index is 1.67. The molecule has 0 spiro atoms. The van der Waals surface area contributed by atoms with Gasteiger partial charge in [0.2, 0.25) is 5.91 Å². The van der Waals surface area contributed by atoms with Gasteiger partial charge in [-0.3, -0.25) is 10.1 Å². The minimum absolute atomic E-state index is 0.0411. The summed E-state index contributed by atoms with van der Waals surface area (Å²) in [5, 5.41) is 19.9. The molecule has 25 heavy (non-hydrogen) atoms. The largest absolute Gasteiger partial charge is 0.545 e. The van der Waals surface area contributed by atoms with Crippen LogP contribution in [0.5, 0.6) is 0 Å². The van der Waals surface area contributed by atoms with Crippen molar-refractivity contribution in [3.05, 3.63) is 35.4 Å². The molecule has 1 N–H and O–H groups in total. The van der Waals surface area contributed by atoms with Crippen molar-refractivity contribution in [1.29, 1.82) is 0 Å². The Labute approximate surface area is 141 Å². The highest BCUT2D eigenvalue weighted by molar-refractivity contribution is 6.38. The molecule has 0 radical (unpaired) electrons. The number of imide groups is 1. The fraction of sp³-hybridized carbons (Fsp3) is 0.200. The highest BCUT2D eigenvalue weighted by atomic mass is 16.7. The molecule has 0 aliphatic carbocycles. The Hall–Kier alpha value is -3.56. The van der Waals surface area contributed by atoms with Crippen molar-refractivity contribution >= 4 is 36.0 Å². The third kappa shape index (κ3) is 6.22. The van der Waals surface area contributed by atoms with E-state index >= 15 is 0 Å². The van der Waals surface area contributed by atoms with Crippen LogP contribution < -0.4 is 10.4 Å². The van der Waals surface area contributed by atoms with Crippen LogP contribution in [0.15, 0.2) is 39.6 Å². The van der Waals surface area contributed by atoms with E-state index in [4.69, 9.17) is 9.68 Å². The van der Waals surface area contributed by atoms with Crippen molar-refractivity contribution in [2.75, 3.05) is 13.2 Å². The summed E-state index contributed by atoms with van der Waals surface area (Å²) in [6.07, 6.45) is 2.46. The quantitative estimate of drug-likeness (QED) is 0.382. The molecular weight excluding hydrogens is 332 g/mol. The van der Waals surface area contributed by atoms with Gasteiger partial charge in [-0.05, 0) is 17.2 Å². The molecule has 1 aromatic carbocycles. The van der Waals surface area contributed by atoms with E-state index in [9.17, 15) is 19.5 Å². The van der Waals surface area contributed by atoms with E-state index in [-0.39, 0.29) is 30.9 Å². The summed E-state index contributed by atoms with van der Waals surface area (Å²) in [6, 6.07) is 5.28. The smallest absolute Gasteiger partial charge is 0.347 e. The monoisotopic (exact) mass is 345 g/mol. The number of nitrogens with zero attached hydrogens (tertiary/aromatic N) is 3. The highest BCUT2D eigenvalue weighted by Gasteiger charge is 2.16. The summed E-state index contributed by atoms with van der Waals surface area (Å²) in [4.78, 5) is 46.1. The number of hydrogen-bond donors (Lipinski definition) is 1. The number of urea groups is 1. The lowest BCUT2D eigenvalue weighted by molar-refractivity contribution is -0.255. The van der Waals surface area contributed by atoms with Crippen molar-refractivity contribution in [2.24, 2.45) is 15.3 Å². The SMILES string of the molecule is O=C1CC(/C=N/OCCO/N=C/c2cccc(C(=O)[O-])c2)=NC(=O)N1. The minimum Gasteiger partial charge on any atom is -0.545 e. The molecular formula is C15H13N4O6-. The number of oxime groups is 2. The molecule has 1 heterocycles. The first-order valence-corrected chi connectivity index (χ1v) is 7.08. The van der Waals surface area contributed by atoms with Gasteiger partial charge in [-0.1, -0.05) is 28.5 Å². The lowest BCUT2D eigenvalue weighted by Gasteiger charge is -2.06. The lowest BCUT2D eigenvalue weighted by Crippen LogP contribution is -2.35. The van der Waals surface area contributed by atoms with E-state index in [2.05, 4.69) is 15.3 Å². The Kier molecular flexibility index (Phi) is 6.34. The standard InChI is InChI=1S/C15H14N4O6/c20-13-7-12(18-15(23)19-13)9-17-25-5-4-24-16-8-10-2-1-3-11(6-10)14(21)22/h1-3,6,8-9H,4-5,7H2,(H,21,22)(H,19,20,23)/p-1/b16-8+,17-9+. The zero-order valence-corrected chi connectivity index (χ0v) is 12.9. The molecule has 1 aromatic rings. The lowest BCUT2D eigenvalue weighted by atomic mass is 10.1. The van der Waals surface area contributed by atoms with Gasteiger partial charge in [-0.2, -0.15) is 4.99 Å². The van der Waals surface area contributed by atoms with Crippen LogP contribution in [0.25, 0.3) is 0 Å². The van der Waals surface area contributed by atoms with E-state index in [1.54, 1.807) is 12.1 Å². The first kappa shape index (κ1) is 17.8. The number of aromatic carboxylic acids is 1. The van der Waals surface area contributed by atoms with Gasteiger partial charge in [0, 0.05) is 0 Å². The Morgan fingerprint density at radius 1 is 1.24 bits per heavy atom. The van der Waals surface area contributed by atoms with Gasteiger partial charge in [0.05, 0.1) is 30.5 Å². The van der Waals surface area contributed by atoms with Crippen LogP contribution in [0, 0.1) is 0 Å². The van der Waals surface area contributed by atoms with E-state index < -0.39 is 17.9 Å². The van der Waals surface area contributed by atoms with Gasteiger partial charge in [-0.15, -0.1) is 0 Å². The van der Waals surface area contributed by atoms with Gasteiger partial charge in [0.25, 0.3) is 0 Å². The number of carbonyl (C=O) groups is 3. The molecule has 10 heteroatoms. The molecule has 0 aromatic heterocycles. The molecule has 0 unspecified atom stereocenters. The number of carbonyl (C=O) groups excluding carboxylic acids is 3. The van der Waals surface area contributed by atoms with Crippen molar-refractivity contribution in [3.8, 4) is 0 Å². The van der Waals surface area contributed by atoms with Crippen LogP contribution >= 0.6 is 0 Å². The summed E-state index contributed by atoms with van der Waals surface area (Å²) in [5.41, 5.74) is 0.777. The van der Waals surface area contributed by atoms with Crippen molar-refractivity contribution in [1.82, 2.24) is 5.32 Å². The zero-order valence-electron chi connectivity index (χ0n) is 12.9. The molecule has 0 saturated heterocycles. The van der Waals surface area contributed by atoms with Crippen LogP contribution in [0.3, 0.4) is 0 Å². The second-order valence-corrected chi connectivity index (χ2v) is 4.68. The number of nitrogens with one attached hydrogen (secondary N) is 1. The second-order valence-electron chi connectivity index (χ2n) is 4.68. The maximum atomic E-state index is 11.1. The summed E-state index contributed by atoms with van der Waals surface area (Å²) < 4.78 is 0. The Morgan fingerprint density at radius 3 is 2.64 bits per heavy atom. The van der Waals surface area contributed by atoms with Crippen molar-refractivity contribution < 1.29 is 29.2 Å². The number of benzene rings is 1. The molecule has 3 amide bonds.